The molecule has 1 aromatic heterocycles. The quantitative estimate of drug-likeness (QED) is 0.832. The third-order valence-electron chi connectivity index (χ3n) is 2.85. The van der Waals surface area contributed by atoms with E-state index in [1.165, 1.54) is 12.8 Å². The van der Waals surface area contributed by atoms with Gasteiger partial charge in [-0.2, -0.15) is 0 Å². The largest absolute Gasteiger partial charge is 0.478 e. The van der Waals surface area contributed by atoms with E-state index in [0.29, 0.717) is 17.2 Å². The summed E-state index contributed by atoms with van der Waals surface area (Å²) < 4.78 is 0. The van der Waals surface area contributed by atoms with Crippen molar-refractivity contribution in [3.63, 3.8) is 0 Å². The van der Waals surface area contributed by atoms with Gasteiger partial charge in [-0.1, -0.05) is 20.8 Å². The van der Waals surface area contributed by atoms with Crippen molar-refractivity contribution in [3.05, 3.63) is 29.1 Å². The standard InChI is InChI=1S/C13H17NO2/c1-13(2,3)11-9(12(15)16)6-7-10(14-11)8-4-5-8/h6-8H,4-5H2,1-3H3,(H,15,16). The maximum Gasteiger partial charge on any atom is 0.337 e. The first kappa shape index (κ1) is 11.1. The fraction of sp³-hybridized carbons (Fsp3) is 0.538. The van der Waals surface area contributed by atoms with Crippen LogP contribution in [0, 0.1) is 0 Å². The molecule has 1 aromatic rings. The van der Waals surface area contributed by atoms with Gasteiger partial charge in [-0.25, -0.2) is 4.79 Å². The van der Waals surface area contributed by atoms with Crippen LogP contribution in [0.2, 0.25) is 0 Å². The number of pyridine rings is 1. The Balaban J connectivity index is 2.50. The van der Waals surface area contributed by atoms with Crippen LogP contribution in [0.25, 0.3) is 0 Å². The third-order valence-corrected chi connectivity index (χ3v) is 2.85. The molecule has 0 spiro atoms. The Morgan fingerprint density at radius 2 is 2.00 bits per heavy atom. The molecule has 2 rings (SSSR count). The highest BCUT2D eigenvalue weighted by Gasteiger charge is 2.29. The Hall–Kier alpha value is -1.38. The van der Waals surface area contributed by atoms with Crippen molar-refractivity contribution in [2.24, 2.45) is 0 Å². The van der Waals surface area contributed by atoms with Crippen LogP contribution in [-0.2, 0) is 5.41 Å². The van der Waals surface area contributed by atoms with Crippen molar-refractivity contribution in [2.45, 2.75) is 44.9 Å². The smallest absolute Gasteiger partial charge is 0.337 e. The molecule has 0 bridgehead atoms. The summed E-state index contributed by atoms with van der Waals surface area (Å²) in [5, 5.41) is 9.13. The van der Waals surface area contributed by atoms with Crippen molar-refractivity contribution in [3.8, 4) is 0 Å². The highest BCUT2D eigenvalue weighted by atomic mass is 16.4. The lowest BCUT2D eigenvalue weighted by Gasteiger charge is -2.20. The van der Waals surface area contributed by atoms with Gasteiger partial charge < -0.3 is 5.11 Å². The van der Waals surface area contributed by atoms with E-state index >= 15 is 0 Å². The number of carboxylic acid groups (broad SMARTS) is 1. The normalized spacial score (nSPS) is 16.2. The van der Waals surface area contributed by atoms with Crippen LogP contribution < -0.4 is 0 Å². The van der Waals surface area contributed by atoms with Gasteiger partial charge in [0.25, 0.3) is 0 Å². The summed E-state index contributed by atoms with van der Waals surface area (Å²) in [4.78, 5) is 15.7. The molecule has 1 aliphatic rings. The molecule has 0 aliphatic heterocycles. The maximum atomic E-state index is 11.1. The molecule has 1 aliphatic carbocycles. The minimum atomic E-state index is -0.889. The van der Waals surface area contributed by atoms with Crippen molar-refractivity contribution in [1.82, 2.24) is 4.98 Å². The van der Waals surface area contributed by atoms with E-state index in [1.807, 2.05) is 26.8 Å². The lowest BCUT2D eigenvalue weighted by atomic mass is 9.88. The Labute approximate surface area is 95.5 Å². The fourth-order valence-corrected chi connectivity index (χ4v) is 1.82. The van der Waals surface area contributed by atoms with Crippen LogP contribution in [-0.4, -0.2) is 16.1 Å². The van der Waals surface area contributed by atoms with Gasteiger partial charge in [0.2, 0.25) is 0 Å². The summed E-state index contributed by atoms with van der Waals surface area (Å²) >= 11 is 0. The van der Waals surface area contributed by atoms with E-state index < -0.39 is 5.97 Å². The first-order valence-corrected chi connectivity index (χ1v) is 5.64. The predicted octanol–water partition coefficient (Wildman–Crippen LogP) is 2.95. The second-order valence-corrected chi connectivity index (χ2v) is 5.46. The molecule has 1 fully saturated rings. The van der Waals surface area contributed by atoms with Gasteiger partial charge in [0, 0.05) is 17.0 Å². The number of aromatic nitrogens is 1. The SMILES string of the molecule is CC(C)(C)c1nc(C2CC2)ccc1C(=O)O. The fourth-order valence-electron chi connectivity index (χ4n) is 1.82. The summed E-state index contributed by atoms with van der Waals surface area (Å²) in [5.74, 6) is -0.330. The molecule has 0 amide bonds. The van der Waals surface area contributed by atoms with Crippen molar-refractivity contribution < 1.29 is 9.90 Å². The molecule has 0 unspecified atom stereocenters. The molecule has 0 radical (unpaired) electrons. The molecule has 86 valence electrons. The van der Waals surface area contributed by atoms with Crippen molar-refractivity contribution in [1.29, 1.82) is 0 Å². The third kappa shape index (κ3) is 2.08. The van der Waals surface area contributed by atoms with Crippen LogP contribution in [0.15, 0.2) is 12.1 Å². The molecule has 3 nitrogen and oxygen atoms in total. The lowest BCUT2D eigenvalue weighted by Crippen LogP contribution is -2.19. The highest BCUT2D eigenvalue weighted by Crippen LogP contribution is 2.40. The zero-order valence-corrected chi connectivity index (χ0v) is 9.95. The van der Waals surface area contributed by atoms with Crippen LogP contribution in [0.4, 0.5) is 0 Å². The topological polar surface area (TPSA) is 50.2 Å². The zero-order chi connectivity index (χ0) is 11.9. The van der Waals surface area contributed by atoms with Crippen LogP contribution in [0.1, 0.15) is 61.3 Å². The maximum absolute atomic E-state index is 11.1. The molecule has 16 heavy (non-hydrogen) atoms. The number of carbonyl (C=O) groups is 1. The minimum Gasteiger partial charge on any atom is -0.478 e. The van der Waals surface area contributed by atoms with Gasteiger partial charge in [0.05, 0.1) is 11.3 Å². The summed E-state index contributed by atoms with van der Waals surface area (Å²) in [6, 6.07) is 3.56. The molecular formula is C13H17NO2. The van der Waals surface area contributed by atoms with E-state index in [9.17, 15) is 4.79 Å². The highest BCUT2D eigenvalue weighted by molar-refractivity contribution is 5.89. The van der Waals surface area contributed by atoms with E-state index in [4.69, 9.17) is 5.11 Å². The number of nitrogens with zero attached hydrogens (tertiary/aromatic N) is 1. The first-order valence-electron chi connectivity index (χ1n) is 5.64. The van der Waals surface area contributed by atoms with Crippen LogP contribution in [0.5, 0.6) is 0 Å². The Morgan fingerprint density at radius 1 is 1.38 bits per heavy atom. The Bertz CT molecular complexity index is 428. The number of carboxylic acids is 1. The van der Waals surface area contributed by atoms with Gasteiger partial charge in [0.1, 0.15) is 0 Å². The van der Waals surface area contributed by atoms with Gasteiger partial charge in [0.15, 0.2) is 0 Å². The van der Waals surface area contributed by atoms with Gasteiger partial charge in [-0.05, 0) is 25.0 Å². The molecule has 3 heteroatoms. The van der Waals surface area contributed by atoms with Crippen molar-refractivity contribution in [2.75, 3.05) is 0 Å². The molecule has 1 heterocycles. The molecule has 1 N–H and O–H groups in total. The summed E-state index contributed by atoms with van der Waals surface area (Å²) in [5.41, 5.74) is 1.86. The van der Waals surface area contributed by atoms with E-state index in [-0.39, 0.29) is 5.41 Å². The average molecular weight is 219 g/mol. The van der Waals surface area contributed by atoms with Gasteiger partial charge in [-0.15, -0.1) is 0 Å². The van der Waals surface area contributed by atoms with Gasteiger partial charge >= 0.3 is 5.97 Å². The van der Waals surface area contributed by atoms with E-state index in [1.54, 1.807) is 6.07 Å². The predicted molar refractivity (Wildman–Crippen MR) is 61.9 cm³/mol. The number of hydrogen-bond acceptors (Lipinski definition) is 2. The van der Waals surface area contributed by atoms with E-state index in [0.717, 1.165) is 5.69 Å². The molecule has 0 atom stereocenters. The second-order valence-electron chi connectivity index (χ2n) is 5.46. The van der Waals surface area contributed by atoms with Crippen LogP contribution in [0.3, 0.4) is 0 Å². The van der Waals surface area contributed by atoms with Crippen molar-refractivity contribution >= 4 is 5.97 Å². The monoisotopic (exact) mass is 219 g/mol. The second kappa shape index (κ2) is 3.58. The van der Waals surface area contributed by atoms with E-state index in [2.05, 4.69) is 4.98 Å². The summed E-state index contributed by atoms with van der Waals surface area (Å²) in [7, 11) is 0. The summed E-state index contributed by atoms with van der Waals surface area (Å²) in [6.07, 6.45) is 2.37. The lowest BCUT2D eigenvalue weighted by molar-refractivity contribution is 0.0693. The molecule has 0 saturated heterocycles. The average Bonchev–Trinajstić information content (AvgIpc) is 2.98. The molecule has 1 saturated carbocycles. The molecule has 0 aromatic carbocycles. The van der Waals surface area contributed by atoms with Crippen LogP contribution >= 0.6 is 0 Å². The zero-order valence-electron chi connectivity index (χ0n) is 9.95. The first-order chi connectivity index (χ1) is 7.39. The summed E-state index contributed by atoms with van der Waals surface area (Å²) in [6.45, 7) is 6.00. The number of rotatable bonds is 2. The number of hydrogen-bond donors (Lipinski definition) is 1. The Morgan fingerprint density at radius 3 is 2.44 bits per heavy atom. The Kier molecular flexibility index (Phi) is 2.49. The molecular weight excluding hydrogens is 202 g/mol. The minimum absolute atomic E-state index is 0.224. The van der Waals surface area contributed by atoms with Gasteiger partial charge in [-0.3, -0.25) is 4.98 Å². The number of aromatic carboxylic acids is 1.